The van der Waals surface area contributed by atoms with Crippen molar-refractivity contribution in [3.05, 3.63) is 112 Å². The van der Waals surface area contributed by atoms with Gasteiger partial charge in [-0.3, -0.25) is 4.98 Å². The maximum absolute atomic E-state index is 6.15. The molecule has 0 amide bonds. The summed E-state index contributed by atoms with van der Waals surface area (Å²) in [6, 6.07) is 24.3. The smallest absolute Gasteiger partial charge is 0.170 e. The summed E-state index contributed by atoms with van der Waals surface area (Å²) in [6.07, 6.45) is 1.83. The standard InChI is InChI=1S/C28H27ClN4OS/c1-18-16-24(19(2)33(18)22-11-9-21(29)10-12-22)27-26(25-6-4-5-15-30-25)31-28(35)32(27)17-20-7-13-23(34-3)14-8-20/h4-16,26-27H,17H2,1-3H3,(H,31,35)/t26-,27-/m0/s1. The van der Waals surface area contributed by atoms with E-state index in [2.05, 4.69) is 70.0 Å². The summed E-state index contributed by atoms with van der Waals surface area (Å²) < 4.78 is 7.61. The van der Waals surface area contributed by atoms with Crippen molar-refractivity contribution in [1.82, 2.24) is 19.8 Å². The number of aryl methyl sites for hydroxylation is 1. The second-order valence-electron chi connectivity index (χ2n) is 8.74. The SMILES string of the molecule is COc1ccc(CN2C(=S)N[C@@H](c3ccccn3)[C@@H]2c2cc(C)n(-c3ccc(Cl)cc3)c2C)cc1. The first kappa shape index (κ1) is 23.4. The molecule has 0 aliphatic carbocycles. The normalized spacial score (nSPS) is 17.5. The van der Waals surface area contributed by atoms with Crippen LogP contribution >= 0.6 is 23.8 Å². The van der Waals surface area contributed by atoms with Crippen molar-refractivity contribution in [2.24, 2.45) is 0 Å². The molecular formula is C28H27ClN4OS. The van der Waals surface area contributed by atoms with Crippen molar-refractivity contribution in [2.45, 2.75) is 32.5 Å². The van der Waals surface area contributed by atoms with Crippen LogP contribution in [-0.2, 0) is 6.54 Å². The number of pyridine rings is 1. The van der Waals surface area contributed by atoms with Gasteiger partial charge < -0.3 is 19.5 Å². The van der Waals surface area contributed by atoms with Crippen molar-refractivity contribution < 1.29 is 4.74 Å². The van der Waals surface area contributed by atoms with Crippen LogP contribution in [0.2, 0.25) is 5.02 Å². The van der Waals surface area contributed by atoms with Gasteiger partial charge in [0.05, 0.1) is 24.9 Å². The topological polar surface area (TPSA) is 42.3 Å². The van der Waals surface area contributed by atoms with Gasteiger partial charge >= 0.3 is 0 Å². The first-order valence-electron chi connectivity index (χ1n) is 11.5. The summed E-state index contributed by atoms with van der Waals surface area (Å²) in [6.45, 7) is 4.98. The molecule has 0 radical (unpaired) electrons. The Morgan fingerprint density at radius 3 is 2.43 bits per heavy atom. The summed E-state index contributed by atoms with van der Waals surface area (Å²) in [5.74, 6) is 0.838. The minimum absolute atomic E-state index is 0.0215. The minimum Gasteiger partial charge on any atom is -0.497 e. The molecule has 35 heavy (non-hydrogen) atoms. The van der Waals surface area contributed by atoms with Crippen molar-refractivity contribution in [3.8, 4) is 11.4 Å². The fourth-order valence-electron chi connectivity index (χ4n) is 4.92. The number of rotatable bonds is 6. The molecule has 1 aliphatic rings. The van der Waals surface area contributed by atoms with Crippen molar-refractivity contribution in [1.29, 1.82) is 0 Å². The van der Waals surface area contributed by atoms with E-state index in [9.17, 15) is 0 Å². The Balaban J connectivity index is 1.59. The molecule has 178 valence electrons. The quantitative estimate of drug-likeness (QED) is 0.312. The molecular weight excluding hydrogens is 476 g/mol. The fraction of sp³-hybridized carbons (Fsp3) is 0.214. The number of aromatic nitrogens is 2. The number of nitrogens with one attached hydrogen (secondary N) is 1. The van der Waals surface area contributed by atoms with Gasteiger partial charge in [0.25, 0.3) is 0 Å². The first-order chi connectivity index (χ1) is 17.0. The van der Waals surface area contributed by atoms with Crippen molar-refractivity contribution in [2.75, 3.05) is 7.11 Å². The molecule has 4 aromatic rings. The molecule has 5 rings (SSSR count). The van der Waals surface area contributed by atoms with Gasteiger partial charge in [0.2, 0.25) is 0 Å². The number of nitrogens with zero attached hydrogens (tertiary/aromatic N) is 3. The van der Waals surface area contributed by atoms with Crippen LogP contribution in [0.1, 0.15) is 40.3 Å². The highest BCUT2D eigenvalue weighted by Crippen LogP contribution is 2.42. The molecule has 0 spiro atoms. The predicted octanol–water partition coefficient (Wildman–Crippen LogP) is 6.32. The average molecular weight is 503 g/mol. The molecule has 3 heterocycles. The van der Waals surface area contributed by atoms with Crippen LogP contribution in [0.15, 0.2) is 79.0 Å². The van der Waals surface area contributed by atoms with Crippen molar-refractivity contribution in [3.63, 3.8) is 0 Å². The first-order valence-corrected chi connectivity index (χ1v) is 12.3. The number of hydrogen-bond acceptors (Lipinski definition) is 3. The second-order valence-corrected chi connectivity index (χ2v) is 9.56. The molecule has 0 saturated carbocycles. The largest absolute Gasteiger partial charge is 0.497 e. The number of thiocarbonyl (C=S) groups is 1. The van der Waals surface area contributed by atoms with E-state index in [4.69, 9.17) is 28.6 Å². The van der Waals surface area contributed by atoms with Gasteiger partial charge in [-0.25, -0.2) is 0 Å². The number of ether oxygens (including phenoxy) is 1. The third kappa shape index (κ3) is 4.51. The van der Waals surface area contributed by atoms with E-state index in [1.807, 2.05) is 42.6 Å². The van der Waals surface area contributed by atoms with Crippen LogP contribution in [-0.4, -0.2) is 26.7 Å². The molecule has 2 aromatic carbocycles. The van der Waals surface area contributed by atoms with Crippen LogP contribution in [0.5, 0.6) is 5.75 Å². The maximum Gasteiger partial charge on any atom is 0.170 e. The van der Waals surface area contributed by atoms with Gasteiger partial charge in [-0.2, -0.15) is 0 Å². The van der Waals surface area contributed by atoms with E-state index in [0.717, 1.165) is 38.5 Å². The van der Waals surface area contributed by atoms with Gasteiger partial charge in [0.15, 0.2) is 5.11 Å². The molecule has 1 fully saturated rings. The lowest BCUT2D eigenvalue weighted by molar-refractivity contribution is 0.310. The zero-order valence-corrected chi connectivity index (χ0v) is 21.5. The molecule has 1 saturated heterocycles. The van der Waals surface area contributed by atoms with Crippen LogP contribution < -0.4 is 10.1 Å². The minimum atomic E-state index is -0.0684. The van der Waals surface area contributed by atoms with E-state index in [1.54, 1.807) is 7.11 Å². The van der Waals surface area contributed by atoms with Crippen LogP contribution in [0, 0.1) is 13.8 Å². The van der Waals surface area contributed by atoms with Crippen molar-refractivity contribution >= 4 is 28.9 Å². The molecule has 2 atom stereocenters. The molecule has 1 aliphatic heterocycles. The molecule has 1 N–H and O–H groups in total. The van der Waals surface area contributed by atoms with E-state index >= 15 is 0 Å². The van der Waals surface area contributed by atoms with E-state index in [0.29, 0.717) is 6.54 Å². The zero-order chi connectivity index (χ0) is 24.5. The number of benzene rings is 2. The Morgan fingerprint density at radius 2 is 1.77 bits per heavy atom. The van der Waals surface area contributed by atoms with Crippen LogP contribution in [0.3, 0.4) is 0 Å². The van der Waals surface area contributed by atoms with Gasteiger partial charge in [0, 0.05) is 34.8 Å². The van der Waals surface area contributed by atoms with Crippen LogP contribution in [0.4, 0.5) is 0 Å². The maximum atomic E-state index is 6.15. The lowest BCUT2D eigenvalue weighted by Gasteiger charge is -2.28. The number of halogens is 1. The molecule has 5 nitrogen and oxygen atoms in total. The molecule has 0 bridgehead atoms. The van der Waals surface area contributed by atoms with Gasteiger partial charge in [-0.15, -0.1) is 0 Å². The highest BCUT2D eigenvalue weighted by molar-refractivity contribution is 7.80. The number of hydrogen-bond donors (Lipinski definition) is 1. The van der Waals surface area contributed by atoms with Crippen LogP contribution in [0.25, 0.3) is 5.69 Å². The molecule has 0 unspecified atom stereocenters. The van der Waals surface area contributed by atoms with Gasteiger partial charge in [-0.05, 0) is 91.8 Å². The summed E-state index contributed by atoms with van der Waals surface area (Å²) in [5.41, 5.74) is 6.75. The Hall–Kier alpha value is -3.35. The van der Waals surface area contributed by atoms with E-state index < -0.39 is 0 Å². The Labute approximate surface area is 216 Å². The second kappa shape index (κ2) is 9.72. The molecule has 7 heteroatoms. The summed E-state index contributed by atoms with van der Waals surface area (Å²) in [7, 11) is 1.68. The summed E-state index contributed by atoms with van der Waals surface area (Å²) in [4.78, 5) is 6.94. The lowest BCUT2D eigenvalue weighted by Crippen LogP contribution is -2.29. The lowest BCUT2D eigenvalue weighted by atomic mass is 9.96. The third-order valence-corrected chi connectivity index (χ3v) is 7.19. The Kier molecular flexibility index (Phi) is 6.50. The fourth-order valence-corrected chi connectivity index (χ4v) is 5.35. The van der Waals surface area contributed by atoms with E-state index in [-0.39, 0.29) is 12.1 Å². The number of methoxy groups -OCH3 is 1. The molecule has 2 aromatic heterocycles. The average Bonchev–Trinajstić information content (AvgIpc) is 3.35. The van der Waals surface area contributed by atoms with Gasteiger partial charge in [0.1, 0.15) is 5.75 Å². The highest BCUT2D eigenvalue weighted by Gasteiger charge is 2.41. The Morgan fingerprint density at radius 1 is 1.03 bits per heavy atom. The predicted molar refractivity (Wildman–Crippen MR) is 144 cm³/mol. The zero-order valence-electron chi connectivity index (χ0n) is 19.9. The summed E-state index contributed by atoms with van der Waals surface area (Å²) >= 11 is 12.0. The van der Waals surface area contributed by atoms with Gasteiger partial charge in [-0.1, -0.05) is 29.8 Å². The highest BCUT2D eigenvalue weighted by atomic mass is 35.5. The summed E-state index contributed by atoms with van der Waals surface area (Å²) in [5, 5.41) is 5.00. The monoisotopic (exact) mass is 502 g/mol. The Bertz CT molecular complexity index is 1340. The third-order valence-electron chi connectivity index (χ3n) is 6.58. The van der Waals surface area contributed by atoms with E-state index in [1.165, 1.54) is 11.3 Å².